The number of benzene rings is 2. The van der Waals surface area contributed by atoms with Crippen molar-refractivity contribution in [3.8, 4) is 11.8 Å². The molecule has 2 rings (SSSR count). The third kappa shape index (κ3) is 1.95. The second-order valence-electron chi connectivity index (χ2n) is 3.75. The first-order valence-electron chi connectivity index (χ1n) is 5.44. The topological polar surface area (TPSA) is 45.0 Å². The van der Waals surface area contributed by atoms with Crippen LogP contribution in [0.15, 0.2) is 36.4 Å². The second-order valence-corrected chi connectivity index (χ2v) is 3.75. The van der Waals surface area contributed by atoms with Crippen molar-refractivity contribution in [3.63, 3.8) is 0 Å². The lowest BCUT2D eigenvalue weighted by molar-refractivity contribution is 0.407. The lowest BCUT2D eigenvalue weighted by Crippen LogP contribution is -2.15. The molecule has 3 heteroatoms. The van der Waals surface area contributed by atoms with Crippen LogP contribution in [-0.4, -0.2) is 14.2 Å². The lowest BCUT2D eigenvalue weighted by atomic mass is 9.98. The molecule has 1 N–H and O–H groups in total. The van der Waals surface area contributed by atoms with Crippen LogP contribution in [0.4, 0.5) is 0 Å². The van der Waals surface area contributed by atoms with E-state index in [2.05, 4.69) is 11.4 Å². The Labute approximate surface area is 101 Å². The highest BCUT2D eigenvalue weighted by molar-refractivity contribution is 5.88. The zero-order valence-corrected chi connectivity index (χ0v) is 9.90. The number of hydrogen-bond donors (Lipinski definition) is 1. The zero-order chi connectivity index (χ0) is 12.3. The molecule has 1 unspecified atom stereocenters. The number of hydrogen-bond acceptors (Lipinski definition) is 3. The Hall–Kier alpha value is -2.05. The molecule has 0 aliphatic rings. The first-order chi connectivity index (χ1) is 8.31. The van der Waals surface area contributed by atoms with Crippen LogP contribution in [0.2, 0.25) is 0 Å². The van der Waals surface area contributed by atoms with E-state index in [4.69, 9.17) is 4.74 Å². The molecule has 0 aromatic heterocycles. The maximum absolute atomic E-state index is 9.19. The number of nitriles is 1. The third-order valence-corrected chi connectivity index (χ3v) is 2.86. The average Bonchev–Trinajstić information content (AvgIpc) is 2.40. The van der Waals surface area contributed by atoms with Crippen molar-refractivity contribution in [2.45, 2.75) is 6.04 Å². The van der Waals surface area contributed by atoms with Gasteiger partial charge in [0.25, 0.3) is 0 Å². The quantitative estimate of drug-likeness (QED) is 0.875. The van der Waals surface area contributed by atoms with Gasteiger partial charge in [0.2, 0.25) is 0 Å². The molecule has 0 fully saturated rings. The van der Waals surface area contributed by atoms with Gasteiger partial charge in [-0.3, -0.25) is 0 Å². The van der Waals surface area contributed by atoms with Crippen LogP contribution in [-0.2, 0) is 0 Å². The predicted molar refractivity (Wildman–Crippen MR) is 67.9 cm³/mol. The Kier molecular flexibility index (Phi) is 3.27. The van der Waals surface area contributed by atoms with E-state index < -0.39 is 0 Å². The molecular weight excluding hydrogens is 212 g/mol. The van der Waals surface area contributed by atoms with Gasteiger partial charge in [0.15, 0.2) is 0 Å². The monoisotopic (exact) mass is 226 g/mol. The molecule has 3 nitrogen and oxygen atoms in total. The molecule has 0 aliphatic carbocycles. The fourth-order valence-corrected chi connectivity index (χ4v) is 2.02. The number of methoxy groups -OCH3 is 1. The summed E-state index contributed by atoms with van der Waals surface area (Å²) >= 11 is 0. The van der Waals surface area contributed by atoms with Crippen molar-refractivity contribution in [1.82, 2.24) is 5.32 Å². The van der Waals surface area contributed by atoms with Gasteiger partial charge >= 0.3 is 0 Å². The first kappa shape index (κ1) is 11.4. The smallest absolute Gasteiger partial charge is 0.125 e. The number of rotatable bonds is 3. The van der Waals surface area contributed by atoms with Gasteiger partial charge in [-0.2, -0.15) is 5.26 Å². The molecule has 17 heavy (non-hydrogen) atoms. The summed E-state index contributed by atoms with van der Waals surface area (Å²) in [6.45, 7) is 0. The Morgan fingerprint density at radius 3 is 2.65 bits per heavy atom. The van der Waals surface area contributed by atoms with E-state index in [1.54, 1.807) is 14.2 Å². The van der Waals surface area contributed by atoms with Gasteiger partial charge in [-0.15, -0.1) is 0 Å². The van der Waals surface area contributed by atoms with Gasteiger partial charge < -0.3 is 10.1 Å². The van der Waals surface area contributed by atoms with E-state index >= 15 is 0 Å². The van der Waals surface area contributed by atoms with Gasteiger partial charge in [-0.1, -0.05) is 30.3 Å². The van der Waals surface area contributed by atoms with Crippen molar-refractivity contribution < 1.29 is 4.74 Å². The van der Waals surface area contributed by atoms with Gasteiger partial charge in [-0.05, 0) is 23.9 Å². The number of ether oxygens (including phenoxy) is 1. The van der Waals surface area contributed by atoms with Crippen molar-refractivity contribution in [2.75, 3.05) is 14.2 Å². The standard InChI is InChI=1S/C14H14N2O/c1-16-12(9-15)14-11-6-4-3-5-10(11)7-8-13(14)17-2/h3-8,12,16H,1-2H3. The minimum absolute atomic E-state index is 0.365. The summed E-state index contributed by atoms with van der Waals surface area (Å²) in [4.78, 5) is 0. The largest absolute Gasteiger partial charge is 0.496 e. The third-order valence-electron chi connectivity index (χ3n) is 2.86. The van der Waals surface area contributed by atoms with Gasteiger partial charge in [-0.25, -0.2) is 0 Å². The predicted octanol–water partition coefficient (Wildman–Crippen LogP) is 2.63. The van der Waals surface area contributed by atoms with E-state index in [0.717, 1.165) is 22.1 Å². The number of nitrogens with zero attached hydrogens (tertiary/aromatic N) is 1. The molecule has 2 aromatic carbocycles. The fourth-order valence-electron chi connectivity index (χ4n) is 2.02. The molecular formula is C14H14N2O. The summed E-state index contributed by atoms with van der Waals surface area (Å²) in [5.41, 5.74) is 0.899. The minimum Gasteiger partial charge on any atom is -0.496 e. The average molecular weight is 226 g/mol. The molecule has 0 saturated heterocycles. The molecule has 0 radical (unpaired) electrons. The van der Waals surface area contributed by atoms with Crippen LogP contribution in [0.1, 0.15) is 11.6 Å². The molecule has 0 saturated carbocycles. The molecule has 0 aliphatic heterocycles. The van der Waals surface area contributed by atoms with Crippen LogP contribution in [0.3, 0.4) is 0 Å². The van der Waals surface area contributed by atoms with Gasteiger partial charge in [0, 0.05) is 5.56 Å². The van der Waals surface area contributed by atoms with Crippen LogP contribution < -0.4 is 10.1 Å². The van der Waals surface area contributed by atoms with Crippen molar-refractivity contribution in [3.05, 3.63) is 42.0 Å². The van der Waals surface area contributed by atoms with E-state index in [0.29, 0.717) is 0 Å². The van der Waals surface area contributed by atoms with Gasteiger partial charge in [0.05, 0.1) is 13.2 Å². The summed E-state index contributed by atoms with van der Waals surface area (Å²) in [7, 11) is 3.40. The van der Waals surface area contributed by atoms with Gasteiger partial charge in [0.1, 0.15) is 11.8 Å². The Morgan fingerprint density at radius 2 is 2.00 bits per heavy atom. The Balaban J connectivity index is 2.76. The van der Waals surface area contributed by atoms with Crippen LogP contribution >= 0.6 is 0 Å². The molecule has 0 bridgehead atoms. The molecule has 1 atom stereocenters. The van der Waals surface area contributed by atoms with Crippen molar-refractivity contribution >= 4 is 10.8 Å². The highest BCUT2D eigenvalue weighted by Crippen LogP contribution is 2.32. The van der Waals surface area contributed by atoms with E-state index in [1.807, 2.05) is 36.4 Å². The normalized spacial score (nSPS) is 12.1. The maximum Gasteiger partial charge on any atom is 0.125 e. The molecule has 2 aromatic rings. The summed E-state index contributed by atoms with van der Waals surface area (Å²) in [6.07, 6.45) is 0. The molecule has 0 spiro atoms. The SMILES string of the molecule is CNC(C#N)c1c(OC)ccc2ccccc12. The zero-order valence-electron chi connectivity index (χ0n) is 9.90. The molecule has 86 valence electrons. The van der Waals surface area contributed by atoms with Crippen LogP contribution in [0.25, 0.3) is 10.8 Å². The van der Waals surface area contributed by atoms with Crippen LogP contribution in [0, 0.1) is 11.3 Å². The summed E-state index contributed by atoms with van der Waals surface area (Å²) < 4.78 is 5.35. The summed E-state index contributed by atoms with van der Waals surface area (Å²) in [5.74, 6) is 0.740. The number of fused-ring (bicyclic) bond motifs is 1. The Bertz CT molecular complexity index is 572. The summed E-state index contributed by atoms with van der Waals surface area (Å²) in [6, 6.07) is 13.8. The summed E-state index contributed by atoms with van der Waals surface area (Å²) in [5, 5.41) is 14.3. The van der Waals surface area contributed by atoms with Crippen molar-refractivity contribution in [2.24, 2.45) is 0 Å². The highest BCUT2D eigenvalue weighted by atomic mass is 16.5. The fraction of sp³-hybridized carbons (Fsp3) is 0.214. The van der Waals surface area contributed by atoms with Crippen molar-refractivity contribution in [1.29, 1.82) is 5.26 Å². The molecule has 0 amide bonds. The van der Waals surface area contributed by atoms with E-state index in [-0.39, 0.29) is 6.04 Å². The minimum atomic E-state index is -0.365. The lowest BCUT2D eigenvalue weighted by Gasteiger charge is -2.15. The highest BCUT2D eigenvalue weighted by Gasteiger charge is 2.16. The molecule has 0 heterocycles. The van der Waals surface area contributed by atoms with E-state index in [1.165, 1.54) is 0 Å². The second kappa shape index (κ2) is 4.86. The Morgan fingerprint density at radius 1 is 1.24 bits per heavy atom. The first-order valence-corrected chi connectivity index (χ1v) is 5.44. The van der Waals surface area contributed by atoms with Crippen LogP contribution in [0.5, 0.6) is 5.75 Å². The van der Waals surface area contributed by atoms with E-state index in [9.17, 15) is 5.26 Å². The maximum atomic E-state index is 9.19. The number of nitrogens with one attached hydrogen (secondary N) is 1.